The molecule has 2 aromatic rings. The van der Waals surface area contributed by atoms with Crippen molar-refractivity contribution < 1.29 is 0 Å². The number of rotatable bonds is 2. The summed E-state index contributed by atoms with van der Waals surface area (Å²) in [6.45, 7) is 2.09. The van der Waals surface area contributed by atoms with Crippen molar-refractivity contribution >= 4 is 24.2 Å². The quantitative estimate of drug-likeness (QED) is 0.742. The summed E-state index contributed by atoms with van der Waals surface area (Å²) in [5.41, 5.74) is 2.33. The van der Waals surface area contributed by atoms with Gasteiger partial charge >= 0.3 is 0 Å². The first-order valence-electron chi connectivity index (χ1n) is 5.14. The minimum atomic E-state index is -0.286. The van der Waals surface area contributed by atoms with Crippen LogP contribution in [0.4, 0.5) is 0 Å². The lowest BCUT2D eigenvalue weighted by Gasteiger charge is -2.24. The van der Waals surface area contributed by atoms with E-state index in [2.05, 4.69) is 19.1 Å². The third kappa shape index (κ3) is 2.26. The highest BCUT2D eigenvalue weighted by atomic mass is 35.5. The Morgan fingerprint density at radius 3 is 1.94 bits per heavy atom. The molecule has 16 heavy (non-hydrogen) atoms. The molecule has 0 spiro atoms. The Kier molecular flexibility index (Phi) is 3.27. The van der Waals surface area contributed by atoms with Gasteiger partial charge in [-0.3, -0.25) is 0 Å². The van der Waals surface area contributed by atoms with Gasteiger partial charge in [-0.25, -0.2) is 0 Å². The zero-order valence-corrected chi connectivity index (χ0v) is 10.7. The Labute approximate surface area is 107 Å². The average molecular weight is 249 g/mol. The fraction of sp³-hybridized carbons (Fsp3) is 0.143. The summed E-state index contributed by atoms with van der Waals surface area (Å²) >= 11 is 10.6. The van der Waals surface area contributed by atoms with E-state index in [1.165, 1.54) is 5.56 Å². The van der Waals surface area contributed by atoms with Crippen molar-refractivity contribution in [3.8, 4) is 0 Å². The van der Waals surface area contributed by atoms with E-state index in [4.69, 9.17) is 24.2 Å². The van der Waals surface area contributed by atoms with Crippen LogP contribution in [0, 0.1) is 0 Å². The standard InChI is InChI=1S/C14H13ClS/c1-14(16,11-5-3-2-4-6-11)12-7-9-13(15)10-8-12/h2-10,16H,1H3/t14-/m0/s1. The summed E-state index contributed by atoms with van der Waals surface area (Å²) in [5, 5.41) is 0.751. The molecule has 0 N–H and O–H groups in total. The SMILES string of the molecule is C[C@](S)(c1ccccc1)c1ccc(Cl)cc1. The van der Waals surface area contributed by atoms with Gasteiger partial charge in [0, 0.05) is 5.02 Å². The number of thiol groups is 1. The lowest BCUT2D eigenvalue weighted by Crippen LogP contribution is -2.15. The van der Waals surface area contributed by atoms with Crippen molar-refractivity contribution in [2.75, 3.05) is 0 Å². The molecule has 0 nitrogen and oxygen atoms in total. The zero-order chi connectivity index (χ0) is 11.6. The number of hydrogen-bond donors (Lipinski definition) is 1. The molecule has 0 aliphatic rings. The van der Waals surface area contributed by atoms with Crippen molar-refractivity contribution in [2.45, 2.75) is 11.7 Å². The van der Waals surface area contributed by atoms with Gasteiger partial charge in [0.1, 0.15) is 0 Å². The number of benzene rings is 2. The number of hydrogen-bond acceptors (Lipinski definition) is 1. The van der Waals surface area contributed by atoms with E-state index in [-0.39, 0.29) is 4.75 Å². The summed E-state index contributed by atoms with van der Waals surface area (Å²) in [6, 6.07) is 18.1. The predicted molar refractivity (Wildman–Crippen MR) is 73.3 cm³/mol. The van der Waals surface area contributed by atoms with E-state index in [9.17, 15) is 0 Å². The van der Waals surface area contributed by atoms with Gasteiger partial charge in [-0.2, -0.15) is 12.6 Å². The molecule has 0 fully saturated rings. The molecule has 0 aromatic heterocycles. The van der Waals surface area contributed by atoms with Crippen LogP contribution in [0.25, 0.3) is 0 Å². The first-order valence-corrected chi connectivity index (χ1v) is 5.97. The lowest BCUT2D eigenvalue weighted by molar-refractivity contribution is 0.848. The molecule has 0 amide bonds. The van der Waals surface area contributed by atoms with Gasteiger partial charge in [-0.05, 0) is 30.2 Å². The lowest BCUT2D eigenvalue weighted by atomic mass is 9.92. The molecule has 0 saturated heterocycles. The predicted octanol–water partition coefficient (Wildman–Crippen LogP) is 4.53. The van der Waals surface area contributed by atoms with Crippen molar-refractivity contribution in [1.82, 2.24) is 0 Å². The normalized spacial score (nSPS) is 14.4. The van der Waals surface area contributed by atoms with Gasteiger partial charge in [-0.15, -0.1) is 0 Å². The molecule has 0 heterocycles. The van der Waals surface area contributed by atoms with Crippen LogP contribution < -0.4 is 0 Å². The molecule has 0 aliphatic carbocycles. The zero-order valence-electron chi connectivity index (χ0n) is 9.02. The van der Waals surface area contributed by atoms with Gasteiger partial charge in [0.05, 0.1) is 4.75 Å². The van der Waals surface area contributed by atoms with Crippen molar-refractivity contribution in [3.63, 3.8) is 0 Å². The van der Waals surface area contributed by atoms with E-state index in [1.807, 2.05) is 42.5 Å². The largest absolute Gasteiger partial charge is 0.163 e. The van der Waals surface area contributed by atoms with Crippen molar-refractivity contribution in [3.05, 3.63) is 70.7 Å². The van der Waals surface area contributed by atoms with Crippen molar-refractivity contribution in [1.29, 1.82) is 0 Å². The molecule has 0 radical (unpaired) electrons. The highest BCUT2D eigenvalue weighted by Gasteiger charge is 2.23. The molecular weight excluding hydrogens is 236 g/mol. The summed E-state index contributed by atoms with van der Waals surface area (Å²) in [5.74, 6) is 0. The van der Waals surface area contributed by atoms with Crippen LogP contribution in [0.1, 0.15) is 18.1 Å². The fourth-order valence-electron chi connectivity index (χ4n) is 1.70. The Morgan fingerprint density at radius 1 is 0.875 bits per heavy atom. The fourth-order valence-corrected chi connectivity index (χ4v) is 2.13. The van der Waals surface area contributed by atoms with Crippen LogP contribution in [-0.4, -0.2) is 0 Å². The molecule has 0 aliphatic heterocycles. The Balaban J connectivity index is 2.43. The van der Waals surface area contributed by atoms with Crippen LogP contribution in [-0.2, 0) is 4.75 Å². The van der Waals surface area contributed by atoms with Crippen LogP contribution in [0.3, 0.4) is 0 Å². The second-order valence-electron chi connectivity index (χ2n) is 3.95. The van der Waals surface area contributed by atoms with Gasteiger partial charge < -0.3 is 0 Å². The summed E-state index contributed by atoms with van der Waals surface area (Å²) < 4.78 is -0.286. The Morgan fingerprint density at radius 2 is 1.38 bits per heavy atom. The summed E-state index contributed by atoms with van der Waals surface area (Å²) in [6.07, 6.45) is 0. The maximum atomic E-state index is 5.88. The number of halogens is 1. The minimum absolute atomic E-state index is 0.286. The van der Waals surface area contributed by atoms with Crippen LogP contribution in [0.15, 0.2) is 54.6 Å². The molecule has 1 atom stereocenters. The van der Waals surface area contributed by atoms with E-state index < -0.39 is 0 Å². The summed E-state index contributed by atoms with van der Waals surface area (Å²) in [7, 11) is 0. The third-order valence-electron chi connectivity index (χ3n) is 2.74. The van der Waals surface area contributed by atoms with Gasteiger partial charge in [0.25, 0.3) is 0 Å². The smallest absolute Gasteiger partial charge is 0.0598 e. The first-order chi connectivity index (χ1) is 7.60. The maximum absolute atomic E-state index is 5.88. The molecule has 82 valence electrons. The second-order valence-corrected chi connectivity index (χ2v) is 5.28. The first kappa shape index (κ1) is 11.6. The molecule has 2 aromatic carbocycles. The van der Waals surface area contributed by atoms with Crippen LogP contribution in [0.5, 0.6) is 0 Å². The highest BCUT2D eigenvalue weighted by Crippen LogP contribution is 2.35. The topological polar surface area (TPSA) is 0 Å². The maximum Gasteiger partial charge on any atom is 0.0598 e. The Hall–Kier alpha value is -0.920. The molecular formula is C14H13ClS. The molecule has 2 heteroatoms. The molecule has 0 bridgehead atoms. The van der Waals surface area contributed by atoms with E-state index in [1.54, 1.807) is 0 Å². The molecule has 0 unspecified atom stereocenters. The van der Waals surface area contributed by atoms with Crippen molar-refractivity contribution in [2.24, 2.45) is 0 Å². The highest BCUT2D eigenvalue weighted by molar-refractivity contribution is 7.81. The minimum Gasteiger partial charge on any atom is -0.163 e. The second kappa shape index (κ2) is 4.52. The van der Waals surface area contributed by atoms with Gasteiger partial charge in [0.15, 0.2) is 0 Å². The van der Waals surface area contributed by atoms with E-state index in [0.717, 1.165) is 10.6 Å². The summed E-state index contributed by atoms with van der Waals surface area (Å²) in [4.78, 5) is 0. The third-order valence-corrected chi connectivity index (χ3v) is 3.51. The van der Waals surface area contributed by atoms with Gasteiger partial charge in [0.2, 0.25) is 0 Å². The molecule has 2 rings (SSSR count). The van der Waals surface area contributed by atoms with E-state index >= 15 is 0 Å². The average Bonchev–Trinajstić information content (AvgIpc) is 2.31. The van der Waals surface area contributed by atoms with Crippen LogP contribution >= 0.6 is 24.2 Å². The van der Waals surface area contributed by atoms with Crippen LogP contribution in [0.2, 0.25) is 5.02 Å². The van der Waals surface area contributed by atoms with Gasteiger partial charge in [-0.1, -0.05) is 54.1 Å². The Bertz CT molecular complexity index is 460. The monoisotopic (exact) mass is 248 g/mol. The van der Waals surface area contributed by atoms with E-state index in [0.29, 0.717) is 0 Å². The molecule has 0 saturated carbocycles.